The van der Waals surface area contributed by atoms with Crippen molar-refractivity contribution >= 4 is 28.2 Å². The number of carbonyl (C=O) groups excluding carboxylic acids is 1. The Bertz CT molecular complexity index is 1210. The van der Waals surface area contributed by atoms with Crippen molar-refractivity contribution in [1.82, 2.24) is 10.2 Å². The fraction of sp³-hybridized carbons (Fsp3) is 0.160. The molecule has 0 aliphatic rings. The molecular formula is C25H23FN4O2S. The predicted molar refractivity (Wildman–Crippen MR) is 128 cm³/mol. The zero-order valence-electron chi connectivity index (χ0n) is 18.2. The van der Waals surface area contributed by atoms with Gasteiger partial charge in [-0.3, -0.25) is 5.32 Å². The van der Waals surface area contributed by atoms with E-state index in [1.807, 2.05) is 30.3 Å². The van der Waals surface area contributed by atoms with E-state index in [1.54, 1.807) is 0 Å². The standard InChI is InChI=1S/C25H23FN4O2S/c1-25(2,17-6-4-3-5-7-17)18-8-14-21(15-9-18)32-16-22-29-30-24(33-22)28-23(31)27-20-12-10-19(26)11-13-20/h3-15H,16H2,1-2H3,(H2,27,28,30,31). The molecule has 1 heterocycles. The summed E-state index contributed by atoms with van der Waals surface area (Å²) < 4.78 is 18.8. The molecule has 0 unspecified atom stereocenters. The van der Waals surface area contributed by atoms with E-state index in [9.17, 15) is 9.18 Å². The van der Waals surface area contributed by atoms with Gasteiger partial charge in [0.1, 0.15) is 18.2 Å². The number of ether oxygens (including phenoxy) is 1. The first-order valence-electron chi connectivity index (χ1n) is 10.3. The number of benzene rings is 3. The van der Waals surface area contributed by atoms with Crippen molar-refractivity contribution in [3.63, 3.8) is 0 Å². The van der Waals surface area contributed by atoms with Gasteiger partial charge < -0.3 is 10.1 Å². The van der Waals surface area contributed by atoms with Crippen LogP contribution in [0.15, 0.2) is 78.9 Å². The number of rotatable bonds is 7. The van der Waals surface area contributed by atoms with E-state index in [0.717, 1.165) is 5.75 Å². The highest BCUT2D eigenvalue weighted by molar-refractivity contribution is 7.15. The zero-order valence-corrected chi connectivity index (χ0v) is 19.0. The summed E-state index contributed by atoms with van der Waals surface area (Å²) >= 11 is 1.22. The van der Waals surface area contributed by atoms with Crippen LogP contribution in [0.25, 0.3) is 0 Å². The van der Waals surface area contributed by atoms with E-state index in [2.05, 4.69) is 58.9 Å². The van der Waals surface area contributed by atoms with Gasteiger partial charge in [0.2, 0.25) is 5.13 Å². The quantitative estimate of drug-likeness (QED) is 0.342. The molecule has 1 aromatic heterocycles. The first-order valence-corrected chi connectivity index (χ1v) is 11.2. The van der Waals surface area contributed by atoms with Gasteiger partial charge in [-0.25, -0.2) is 9.18 Å². The third kappa shape index (κ3) is 5.72. The molecule has 4 rings (SSSR count). The molecule has 33 heavy (non-hydrogen) atoms. The van der Waals surface area contributed by atoms with Crippen molar-refractivity contribution in [3.05, 3.63) is 101 Å². The Morgan fingerprint density at radius 1 is 0.909 bits per heavy atom. The molecule has 4 aromatic rings. The second-order valence-corrected chi connectivity index (χ2v) is 8.95. The Hall–Kier alpha value is -3.78. The van der Waals surface area contributed by atoms with Crippen LogP contribution >= 0.6 is 11.3 Å². The molecule has 0 aliphatic carbocycles. The van der Waals surface area contributed by atoms with Crippen molar-refractivity contribution in [2.24, 2.45) is 0 Å². The number of nitrogens with one attached hydrogen (secondary N) is 2. The molecule has 8 heteroatoms. The highest BCUT2D eigenvalue weighted by Gasteiger charge is 2.22. The average Bonchev–Trinajstić information content (AvgIpc) is 3.27. The molecule has 3 aromatic carbocycles. The van der Waals surface area contributed by atoms with Crippen molar-refractivity contribution < 1.29 is 13.9 Å². The maximum Gasteiger partial charge on any atom is 0.325 e. The SMILES string of the molecule is CC(C)(c1ccccc1)c1ccc(OCc2nnc(NC(=O)Nc3ccc(F)cc3)s2)cc1. The summed E-state index contributed by atoms with van der Waals surface area (Å²) in [6.45, 7) is 4.63. The molecule has 6 nitrogen and oxygen atoms in total. The lowest BCUT2D eigenvalue weighted by Crippen LogP contribution is -2.19. The minimum atomic E-state index is -0.484. The van der Waals surface area contributed by atoms with Crippen LogP contribution in [0.4, 0.5) is 20.0 Å². The van der Waals surface area contributed by atoms with Crippen LogP contribution in [-0.2, 0) is 12.0 Å². The molecule has 0 saturated carbocycles. The van der Waals surface area contributed by atoms with Crippen LogP contribution in [0.3, 0.4) is 0 Å². The van der Waals surface area contributed by atoms with Gasteiger partial charge in [0.05, 0.1) is 0 Å². The first kappa shape index (κ1) is 22.4. The minimum absolute atomic E-state index is 0.117. The summed E-state index contributed by atoms with van der Waals surface area (Å²) in [5.41, 5.74) is 2.79. The Labute approximate surface area is 195 Å². The number of anilines is 2. The maximum atomic E-state index is 13.0. The fourth-order valence-electron chi connectivity index (χ4n) is 3.29. The van der Waals surface area contributed by atoms with Crippen LogP contribution in [-0.4, -0.2) is 16.2 Å². The van der Waals surface area contributed by atoms with Gasteiger partial charge >= 0.3 is 6.03 Å². The highest BCUT2D eigenvalue weighted by Crippen LogP contribution is 2.32. The Morgan fingerprint density at radius 3 is 2.27 bits per heavy atom. The summed E-state index contributed by atoms with van der Waals surface area (Å²) in [6, 6.07) is 23.4. The molecule has 0 spiro atoms. The van der Waals surface area contributed by atoms with Crippen molar-refractivity contribution in [2.75, 3.05) is 10.6 Å². The molecule has 0 bridgehead atoms. The van der Waals surface area contributed by atoms with Crippen molar-refractivity contribution in [2.45, 2.75) is 25.9 Å². The van der Waals surface area contributed by atoms with E-state index in [4.69, 9.17) is 4.74 Å². The molecule has 0 fully saturated rings. The summed E-state index contributed by atoms with van der Waals surface area (Å²) in [6.07, 6.45) is 0. The second-order valence-electron chi connectivity index (χ2n) is 7.89. The number of urea groups is 1. The zero-order chi connectivity index (χ0) is 23.3. The highest BCUT2D eigenvalue weighted by atomic mass is 32.1. The smallest absolute Gasteiger partial charge is 0.325 e. The van der Waals surface area contributed by atoms with Crippen LogP contribution in [0.1, 0.15) is 30.0 Å². The van der Waals surface area contributed by atoms with E-state index >= 15 is 0 Å². The van der Waals surface area contributed by atoms with Gasteiger partial charge in [0.25, 0.3) is 0 Å². The summed E-state index contributed by atoms with van der Waals surface area (Å²) in [7, 11) is 0. The second kappa shape index (κ2) is 9.79. The van der Waals surface area contributed by atoms with E-state index in [-0.39, 0.29) is 17.8 Å². The molecule has 2 N–H and O–H groups in total. The van der Waals surface area contributed by atoms with Crippen LogP contribution in [0, 0.1) is 5.82 Å². The van der Waals surface area contributed by atoms with E-state index in [1.165, 1.54) is 46.7 Å². The minimum Gasteiger partial charge on any atom is -0.486 e. The maximum absolute atomic E-state index is 13.0. The Balaban J connectivity index is 1.31. The number of hydrogen-bond acceptors (Lipinski definition) is 5. The van der Waals surface area contributed by atoms with Gasteiger partial charge in [0.15, 0.2) is 5.01 Å². The van der Waals surface area contributed by atoms with Crippen molar-refractivity contribution in [3.8, 4) is 5.75 Å². The molecule has 0 aliphatic heterocycles. The van der Waals surface area contributed by atoms with Gasteiger partial charge in [-0.15, -0.1) is 10.2 Å². The lowest BCUT2D eigenvalue weighted by Gasteiger charge is -2.26. The number of hydrogen-bond donors (Lipinski definition) is 2. The van der Waals surface area contributed by atoms with Crippen LogP contribution in [0.5, 0.6) is 5.75 Å². The van der Waals surface area contributed by atoms with Gasteiger partial charge in [0, 0.05) is 11.1 Å². The largest absolute Gasteiger partial charge is 0.486 e. The monoisotopic (exact) mass is 462 g/mol. The van der Waals surface area contributed by atoms with Crippen LogP contribution in [0.2, 0.25) is 0 Å². The third-order valence-electron chi connectivity index (χ3n) is 5.22. The number of nitrogens with zero attached hydrogens (tertiary/aromatic N) is 2. The molecule has 0 saturated heterocycles. The molecule has 0 atom stereocenters. The lowest BCUT2D eigenvalue weighted by atomic mass is 9.78. The molecule has 0 radical (unpaired) electrons. The van der Waals surface area contributed by atoms with E-state index < -0.39 is 6.03 Å². The number of halogens is 1. The first-order chi connectivity index (χ1) is 15.9. The molecule has 2 amide bonds. The summed E-state index contributed by atoms with van der Waals surface area (Å²) in [4.78, 5) is 12.1. The normalized spacial score (nSPS) is 11.1. The Kier molecular flexibility index (Phi) is 6.65. The third-order valence-corrected chi connectivity index (χ3v) is 6.04. The predicted octanol–water partition coefficient (Wildman–Crippen LogP) is 6.23. The van der Waals surface area contributed by atoms with Crippen LogP contribution < -0.4 is 15.4 Å². The lowest BCUT2D eigenvalue weighted by molar-refractivity contribution is 0.262. The number of carbonyl (C=O) groups is 1. The summed E-state index contributed by atoms with van der Waals surface area (Å²) in [5, 5.41) is 14.2. The topological polar surface area (TPSA) is 76.1 Å². The van der Waals surface area contributed by atoms with Gasteiger partial charge in [-0.05, 0) is 47.5 Å². The molecular weight excluding hydrogens is 439 g/mol. The van der Waals surface area contributed by atoms with Crippen molar-refractivity contribution in [1.29, 1.82) is 0 Å². The number of amides is 2. The number of aromatic nitrogens is 2. The Morgan fingerprint density at radius 2 is 1.58 bits per heavy atom. The average molecular weight is 463 g/mol. The van der Waals surface area contributed by atoms with E-state index in [0.29, 0.717) is 15.8 Å². The fourth-order valence-corrected chi connectivity index (χ4v) is 3.94. The molecule has 168 valence electrons. The van der Waals surface area contributed by atoms with Gasteiger partial charge in [-0.1, -0.05) is 67.6 Å². The summed E-state index contributed by atoms with van der Waals surface area (Å²) in [5.74, 6) is 0.352. The van der Waals surface area contributed by atoms with Gasteiger partial charge in [-0.2, -0.15) is 0 Å².